The molecule has 0 radical (unpaired) electrons. The molecule has 0 atom stereocenters. The van der Waals surface area contributed by atoms with E-state index in [9.17, 15) is 14.7 Å². The lowest BCUT2D eigenvalue weighted by Gasteiger charge is -2.55. The highest BCUT2D eigenvalue weighted by Crippen LogP contribution is 2.60. The maximum absolute atomic E-state index is 12.8. The lowest BCUT2D eigenvalue weighted by atomic mass is 9.49. The highest BCUT2D eigenvalue weighted by molar-refractivity contribution is 5.88. The molecule has 136 valence electrons. The Hall–Kier alpha value is -2.62. The highest BCUT2D eigenvalue weighted by atomic mass is 16.3. The third-order valence-corrected chi connectivity index (χ3v) is 6.48. The van der Waals surface area contributed by atoms with Crippen LogP contribution < -0.4 is 11.0 Å². The normalized spacial score (nSPS) is 31.9. The Kier molecular flexibility index (Phi) is 3.87. The summed E-state index contributed by atoms with van der Waals surface area (Å²) in [7, 11) is 0. The lowest BCUT2D eigenvalue weighted by Crippen LogP contribution is -2.52. The van der Waals surface area contributed by atoms with Crippen molar-refractivity contribution in [2.24, 2.45) is 28.3 Å². The van der Waals surface area contributed by atoms with Crippen molar-refractivity contribution in [3.63, 3.8) is 0 Å². The maximum Gasteiger partial charge on any atom is 0.268 e. The van der Waals surface area contributed by atoms with E-state index in [0.29, 0.717) is 23.3 Å². The maximum atomic E-state index is 12.8. The van der Waals surface area contributed by atoms with Crippen LogP contribution >= 0.6 is 0 Å². The molecule has 4 bridgehead atoms. The molecular weight excluding hydrogens is 332 g/mol. The Bertz CT molecular complexity index is 858. The second-order valence-electron chi connectivity index (χ2n) is 8.23. The molecule has 0 aromatic carbocycles. The fourth-order valence-corrected chi connectivity index (χ4v) is 5.68. The number of hydrogen-bond acceptors (Lipinski definition) is 5. The number of pyridine rings is 1. The van der Waals surface area contributed by atoms with Crippen molar-refractivity contribution in [3.05, 3.63) is 27.0 Å². The molecule has 7 nitrogen and oxygen atoms in total. The van der Waals surface area contributed by atoms with Crippen LogP contribution in [-0.4, -0.2) is 22.2 Å². The van der Waals surface area contributed by atoms with Gasteiger partial charge in [-0.2, -0.15) is 10.4 Å². The van der Waals surface area contributed by atoms with Crippen molar-refractivity contribution in [3.8, 4) is 11.9 Å². The molecule has 4 aliphatic carbocycles. The van der Waals surface area contributed by atoms with E-state index >= 15 is 0 Å². The van der Waals surface area contributed by atoms with E-state index < -0.39 is 5.56 Å². The third kappa shape index (κ3) is 2.61. The van der Waals surface area contributed by atoms with Crippen LogP contribution in [0.2, 0.25) is 0 Å². The standard InChI is InChI=1S/C19H22N4O3/c1-10-14(8-20)16(24)22-17(25)15(10)9-21-23-18(26)19-5-11-2-12(6-19)4-13(3-11)7-19/h9,11-13H,2-7H2,1H3,(H,23,26)(H2,22,24,25). The second kappa shape index (κ2) is 5.97. The van der Waals surface area contributed by atoms with Gasteiger partial charge in [0.2, 0.25) is 11.8 Å². The predicted octanol–water partition coefficient (Wildman–Crippen LogP) is 1.93. The Morgan fingerprint density at radius 3 is 2.42 bits per heavy atom. The number of amides is 1. The number of carbonyl (C=O) groups is 1. The number of nitriles is 1. The summed E-state index contributed by atoms with van der Waals surface area (Å²) in [6.07, 6.45) is 7.91. The fraction of sp³-hybridized carbons (Fsp3) is 0.579. The van der Waals surface area contributed by atoms with Crippen molar-refractivity contribution in [2.45, 2.75) is 45.4 Å². The number of rotatable bonds is 3. The number of carbonyl (C=O) groups excluding carboxylic acids is 1. The van der Waals surface area contributed by atoms with Gasteiger partial charge in [-0.3, -0.25) is 14.6 Å². The van der Waals surface area contributed by atoms with E-state index in [1.165, 1.54) is 25.5 Å². The lowest BCUT2D eigenvalue weighted by molar-refractivity contribution is -0.146. The molecule has 7 heteroatoms. The molecule has 0 spiro atoms. The molecule has 4 aliphatic rings. The number of aromatic nitrogens is 1. The summed E-state index contributed by atoms with van der Waals surface area (Å²) < 4.78 is 0. The van der Waals surface area contributed by atoms with E-state index in [2.05, 4.69) is 15.5 Å². The van der Waals surface area contributed by atoms with Gasteiger partial charge in [0.05, 0.1) is 17.2 Å². The zero-order valence-electron chi connectivity index (χ0n) is 14.7. The van der Waals surface area contributed by atoms with E-state index in [4.69, 9.17) is 5.26 Å². The second-order valence-corrected chi connectivity index (χ2v) is 8.23. The summed E-state index contributed by atoms with van der Waals surface area (Å²) in [5.41, 5.74) is 2.19. The first kappa shape index (κ1) is 16.8. The molecule has 3 N–H and O–H groups in total. The van der Waals surface area contributed by atoms with Crippen molar-refractivity contribution in [1.29, 1.82) is 5.26 Å². The van der Waals surface area contributed by atoms with Crippen LogP contribution in [0.3, 0.4) is 0 Å². The van der Waals surface area contributed by atoms with Gasteiger partial charge in [0.25, 0.3) is 5.56 Å². The minimum atomic E-state index is -0.641. The van der Waals surface area contributed by atoms with Crippen LogP contribution in [0.4, 0.5) is 0 Å². The minimum absolute atomic E-state index is 0.0464. The van der Waals surface area contributed by atoms with Crippen LogP contribution in [0.5, 0.6) is 5.88 Å². The average molecular weight is 354 g/mol. The van der Waals surface area contributed by atoms with Crippen molar-refractivity contribution in [1.82, 2.24) is 10.4 Å². The van der Waals surface area contributed by atoms with E-state index in [1.807, 2.05) is 6.07 Å². The van der Waals surface area contributed by atoms with Crippen LogP contribution in [0, 0.1) is 41.4 Å². The average Bonchev–Trinajstić information content (AvgIpc) is 2.56. The third-order valence-electron chi connectivity index (χ3n) is 6.48. The molecule has 1 aromatic rings. The van der Waals surface area contributed by atoms with E-state index in [0.717, 1.165) is 19.3 Å². The van der Waals surface area contributed by atoms with Crippen molar-refractivity contribution < 1.29 is 9.90 Å². The van der Waals surface area contributed by atoms with Crippen molar-refractivity contribution in [2.75, 3.05) is 0 Å². The quantitative estimate of drug-likeness (QED) is 0.567. The largest absolute Gasteiger partial charge is 0.494 e. The number of H-pyrrole nitrogens is 1. The van der Waals surface area contributed by atoms with Gasteiger partial charge in [-0.25, -0.2) is 5.43 Å². The van der Waals surface area contributed by atoms with Crippen LogP contribution in [-0.2, 0) is 4.79 Å². The fourth-order valence-electron chi connectivity index (χ4n) is 5.68. The molecule has 0 unspecified atom stereocenters. The Morgan fingerprint density at radius 2 is 1.88 bits per heavy atom. The van der Waals surface area contributed by atoms with Gasteiger partial charge in [0.1, 0.15) is 11.6 Å². The molecule has 5 rings (SSSR count). The first-order valence-electron chi connectivity index (χ1n) is 9.11. The van der Waals surface area contributed by atoms with Gasteiger partial charge in [0, 0.05) is 0 Å². The zero-order valence-corrected chi connectivity index (χ0v) is 14.7. The highest BCUT2D eigenvalue weighted by Gasteiger charge is 2.54. The number of aromatic amines is 1. The first-order valence-corrected chi connectivity index (χ1v) is 9.11. The molecule has 0 saturated heterocycles. The number of nitrogens with zero attached hydrogens (tertiary/aromatic N) is 2. The molecule has 0 aliphatic heterocycles. The topological polar surface area (TPSA) is 118 Å². The number of nitrogens with one attached hydrogen (secondary N) is 2. The molecule has 4 fully saturated rings. The molecule has 4 saturated carbocycles. The Morgan fingerprint density at radius 1 is 1.31 bits per heavy atom. The van der Waals surface area contributed by atoms with E-state index in [1.54, 1.807) is 6.92 Å². The van der Waals surface area contributed by atoms with Crippen molar-refractivity contribution >= 4 is 12.1 Å². The molecular formula is C19H22N4O3. The van der Waals surface area contributed by atoms with Gasteiger partial charge in [-0.1, -0.05) is 0 Å². The van der Waals surface area contributed by atoms with E-state index in [-0.39, 0.29) is 28.3 Å². The molecule has 26 heavy (non-hydrogen) atoms. The number of hydrogen-bond donors (Lipinski definition) is 3. The molecule has 1 aromatic heterocycles. The Balaban J connectivity index is 1.52. The Labute approximate surface area is 151 Å². The summed E-state index contributed by atoms with van der Waals surface area (Å²) in [5, 5.41) is 23.0. The van der Waals surface area contributed by atoms with Gasteiger partial charge in [-0.05, 0) is 68.8 Å². The molecule has 1 heterocycles. The van der Waals surface area contributed by atoms with Gasteiger partial charge in [0.15, 0.2) is 0 Å². The van der Waals surface area contributed by atoms with Crippen LogP contribution in [0.25, 0.3) is 0 Å². The van der Waals surface area contributed by atoms with Gasteiger partial charge in [-0.15, -0.1) is 0 Å². The summed E-state index contributed by atoms with van der Waals surface area (Å²) in [6, 6.07) is 1.82. The first-order chi connectivity index (χ1) is 12.4. The zero-order chi connectivity index (χ0) is 18.5. The minimum Gasteiger partial charge on any atom is -0.494 e. The predicted molar refractivity (Wildman–Crippen MR) is 94.5 cm³/mol. The SMILES string of the molecule is Cc1c(C=NNC(=O)C23CC4CC(CC(C4)C2)C3)c(O)[nH]c(=O)c1C#N. The smallest absolute Gasteiger partial charge is 0.268 e. The summed E-state index contributed by atoms with van der Waals surface area (Å²) in [6.45, 7) is 1.57. The monoisotopic (exact) mass is 354 g/mol. The van der Waals surface area contributed by atoms with Gasteiger partial charge >= 0.3 is 0 Å². The summed E-state index contributed by atoms with van der Waals surface area (Å²) in [5.74, 6) is 1.59. The number of aromatic hydroxyl groups is 1. The van der Waals surface area contributed by atoms with Crippen LogP contribution in [0.15, 0.2) is 9.90 Å². The molecule has 1 amide bonds. The van der Waals surface area contributed by atoms with Gasteiger partial charge < -0.3 is 5.11 Å². The summed E-state index contributed by atoms with van der Waals surface area (Å²) in [4.78, 5) is 26.7. The van der Waals surface area contributed by atoms with Crippen LogP contribution in [0.1, 0.15) is 55.2 Å². The number of hydrazone groups is 1. The summed E-state index contributed by atoms with van der Waals surface area (Å²) >= 11 is 0.